The molecule has 0 atom stereocenters. The van der Waals surface area contributed by atoms with Crippen LogP contribution in [0.3, 0.4) is 0 Å². The molecule has 8 rings (SSSR count). The molecule has 8 aromatic carbocycles. The van der Waals surface area contributed by atoms with Crippen molar-refractivity contribution in [1.29, 1.82) is 0 Å². The molecular formula is C50H39N. The van der Waals surface area contributed by atoms with Gasteiger partial charge in [0.15, 0.2) is 0 Å². The van der Waals surface area contributed by atoms with Gasteiger partial charge in [-0.3, -0.25) is 0 Å². The standard InChI is InChI=1S/C50H39N/c1-7-19-39(20-8-1)49(40-21-9-2-10-22-40,41-23-11-3-12-24-41)45-31-35-47(36-32-45)51-48-37-33-46(34-38-48)50(42-25-13-4-14-26-42,43-27-15-5-16-28-43)44-29-17-6-18-30-44/h1-38,51H. The molecule has 0 saturated heterocycles. The fourth-order valence-electron chi connectivity index (χ4n) is 7.90. The van der Waals surface area contributed by atoms with Gasteiger partial charge in [-0.1, -0.05) is 206 Å². The highest BCUT2D eigenvalue weighted by Crippen LogP contribution is 2.47. The van der Waals surface area contributed by atoms with Gasteiger partial charge in [-0.15, -0.1) is 0 Å². The first-order valence-corrected chi connectivity index (χ1v) is 17.6. The SMILES string of the molecule is c1ccc(C(c2ccccc2)(c2ccccc2)c2ccc(Nc3ccc(C(c4ccccc4)(c4ccccc4)c4ccccc4)cc3)cc2)cc1. The van der Waals surface area contributed by atoms with Crippen molar-refractivity contribution in [3.8, 4) is 0 Å². The van der Waals surface area contributed by atoms with Crippen molar-refractivity contribution in [2.75, 3.05) is 5.32 Å². The van der Waals surface area contributed by atoms with Crippen LogP contribution in [0.15, 0.2) is 231 Å². The van der Waals surface area contributed by atoms with E-state index in [0.29, 0.717) is 0 Å². The largest absolute Gasteiger partial charge is 0.356 e. The van der Waals surface area contributed by atoms with Crippen LogP contribution in [-0.2, 0) is 10.8 Å². The van der Waals surface area contributed by atoms with Gasteiger partial charge in [0.2, 0.25) is 0 Å². The minimum absolute atomic E-state index is 0.473. The van der Waals surface area contributed by atoms with E-state index < -0.39 is 10.8 Å². The first-order valence-electron chi connectivity index (χ1n) is 17.6. The molecule has 0 spiro atoms. The number of rotatable bonds is 10. The minimum Gasteiger partial charge on any atom is -0.356 e. The summed E-state index contributed by atoms with van der Waals surface area (Å²) in [7, 11) is 0. The maximum Gasteiger partial charge on any atom is 0.0701 e. The summed E-state index contributed by atoms with van der Waals surface area (Å²) in [6.07, 6.45) is 0. The zero-order valence-electron chi connectivity index (χ0n) is 28.4. The molecule has 1 heteroatoms. The second kappa shape index (κ2) is 14.2. The van der Waals surface area contributed by atoms with E-state index in [1.165, 1.54) is 44.5 Å². The summed E-state index contributed by atoms with van der Waals surface area (Å²) < 4.78 is 0. The average Bonchev–Trinajstić information content (AvgIpc) is 3.22. The van der Waals surface area contributed by atoms with Crippen LogP contribution in [-0.4, -0.2) is 0 Å². The summed E-state index contributed by atoms with van der Waals surface area (Å²) in [5.41, 5.74) is 11.0. The molecule has 0 heterocycles. The van der Waals surface area contributed by atoms with Gasteiger partial charge < -0.3 is 5.32 Å². The van der Waals surface area contributed by atoms with Crippen LogP contribution in [0.1, 0.15) is 44.5 Å². The number of nitrogens with one attached hydrogen (secondary N) is 1. The summed E-state index contributed by atoms with van der Waals surface area (Å²) >= 11 is 0. The van der Waals surface area contributed by atoms with Crippen LogP contribution < -0.4 is 5.32 Å². The van der Waals surface area contributed by atoms with Gasteiger partial charge in [0.05, 0.1) is 10.8 Å². The van der Waals surface area contributed by atoms with Crippen LogP contribution in [0.5, 0.6) is 0 Å². The minimum atomic E-state index is -0.473. The van der Waals surface area contributed by atoms with E-state index in [2.05, 4.69) is 236 Å². The highest BCUT2D eigenvalue weighted by molar-refractivity contribution is 5.66. The Labute approximate surface area is 301 Å². The molecule has 0 unspecified atom stereocenters. The first kappa shape index (κ1) is 31.8. The van der Waals surface area contributed by atoms with Crippen molar-refractivity contribution < 1.29 is 0 Å². The molecule has 0 saturated carbocycles. The summed E-state index contributed by atoms with van der Waals surface area (Å²) in [4.78, 5) is 0. The Morgan fingerprint density at radius 2 is 0.373 bits per heavy atom. The van der Waals surface area contributed by atoms with E-state index in [1.54, 1.807) is 0 Å². The smallest absolute Gasteiger partial charge is 0.0701 e. The summed E-state index contributed by atoms with van der Waals surface area (Å²) in [5.74, 6) is 0. The molecule has 51 heavy (non-hydrogen) atoms. The van der Waals surface area contributed by atoms with Gasteiger partial charge in [-0.05, 0) is 68.8 Å². The lowest BCUT2D eigenvalue weighted by Crippen LogP contribution is -2.31. The molecule has 0 amide bonds. The van der Waals surface area contributed by atoms with Crippen molar-refractivity contribution in [3.63, 3.8) is 0 Å². The monoisotopic (exact) mass is 653 g/mol. The summed E-state index contributed by atoms with van der Waals surface area (Å²) in [6, 6.07) is 83.0. The van der Waals surface area contributed by atoms with Crippen molar-refractivity contribution in [3.05, 3.63) is 275 Å². The van der Waals surface area contributed by atoms with Crippen LogP contribution in [0, 0.1) is 0 Å². The summed E-state index contributed by atoms with van der Waals surface area (Å²) in [6.45, 7) is 0. The van der Waals surface area contributed by atoms with Crippen molar-refractivity contribution in [1.82, 2.24) is 0 Å². The zero-order chi connectivity index (χ0) is 34.4. The molecule has 1 nitrogen and oxygen atoms in total. The molecule has 8 aromatic rings. The van der Waals surface area contributed by atoms with Gasteiger partial charge in [0, 0.05) is 11.4 Å². The fraction of sp³-hybridized carbons (Fsp3) is 0.0400. The van der Waals surface area contributed by atoms with E-state index in [-0.39, 0.29) is 0 Å². The Morgan fingerprint density at radius 1 is 0.196 bits per heavy atom. The first-order chi connectivity index (χ1) is 25.3. The predicted molar refractivity (Wildman–Crippen MR) is 213 cm³/mol. The maximum absolute atomic E-state index is 3.70. The van der Waals surface area contributed by atoms with Gasteiger partial charge >= 0.3 is 0 Å². The highest BCUT2D eigenvalue weighted by Gasteiger charge is 2.39. The molecule has 0 aliphatic rings. The summed E-state index contributed by atoms with van der Waals surface area (Å²) in [5, 5.41) is 3.70. The Balaban J connectivity index is 1.18. The second-order valence-corrected chi connectivity index (χ2v) is 13.0. The molecule has 0 aliphatic heterocycles. The van der Waals surface area contributed by atoms with Crippen molar-refractivity contribution in [2.45, 2.75) is 10.8 Å². The van der Waals surface area contributed by atoms with Crippen molar-refractivity contribution in [2.24, 2.45) is 0 Å². The van der Waals surface area contributed by atoms with Crippen LogP contribution in [0.25, 0.3) is 0 Å². The molecule has 1 N–H and O–H groups in total. The quantitative estimate of drug-likeness (QED) is 0.145. The molecule has 0 fully saturated rings. The topological polar surface area (TPSA) is 12.0 Å². The Hall–Kier alpha value is -6.44. The van der Waals surface area contributed by atoms with Gasteiger partial charge in [0.25, 0.3) is 0 Å². The lowest BCUT2D eigenvalue weighted by Gasteiger charge is -2.37. The number of anilines is 2. The van der Waals surface area contributed by atoms with E-state index in [4.69, 9.17) is 0 Å². The van der Waals surface area contributed by atoms with Crippen molar-refractivity contribution >= 4 is 11.4 Å². The highest BCUT2D eigenvalue weighted by atomic mass is 14.9. The molecule has 244 valence electrons. The lowest BCUT2D eigenvalue weighted by molar-refractivity contribution is 0.745. The number of benzene rings is 8. The van der Waals surface area contributed by atoms with E-state index >= 15 is 0 Å². The zero-order valence-corrected chi connectivity index (χ0v) is 28.4. The van der Waals surface area contributed by atoms with Gasteiger partial charge in [-0.2, -0.15) is 0 Å². The Bertz CT molecular complexity index is 1900. The molecule has 0 aromatic heterocycles. The maximum atomic E-state index is 3.70. The number of hydrogen-bond donors (Lipinski definition) is 1. The third-order valence-electron chi connectivity index (χ3n) is 10.2. The third-order valence-corrected chi connectivity index (χ3v) is 10.2. The average molecular weight is 654 g/mol. The second-order valence-electron chi connectivity index (χ2n) is 13.0. The normalized spacial score (nSPS) is 11.5. The Kier molecular flexibility index (Phi) is 8.85. The van der Waals surface area contributed by atoms with E-state index in [1.807, 2.05) is 0 Å². The van der Waals surface area contributed by atoms with Crippen LogP contribution in [0.4, 0.5) is 11.4 Å². The van der Waals surface area contributed by atoms with E-state index in [0.717, 1.165) is 11.4 Å². The van der Waals surface area contributed by atoms with Crippen LogP contribution in [0.2, 0.25) is 0 Å². The lowest BCUT2D eigenvalue weighted by atomic mass is 9.65. The third kappa shape index (κ3) is 5.83. The van der Waals surface area contributed by atoms with E-state index in [9.17, 15) is 0 Å². The Morgan fingerprint density at radius 3 is 0.569 bits per heavy atom. The molecule has 0 aliphatic carbocycles. The van der Waals surface area contributed by atoms with Crippen LogP contribution >= 0.6 is 0 Å². The molecule has 0 radical (unpaired) electrons. The number of hydrogen-bond acceptors (Lipinski definition) is 1. The molecular weight excluding hydrogens is 615 g/mol. The van der Waals surface area contributed by atoms with Gasteiger partial charge in [0.1, 0.15) is 0 Å². The molecule has 0 bridgehead atoms. The fourth-order valence-corrected chi connectivity index (χ4v) is 7.90. The van der Waals surface area contributed by atoms with Gasteiger partial charge in [-0.25, -0.2) is 0 Å². The predicted octanol–water partition coefficient (Wildman–Crippen LogP) is 12.2.